The molecular weight excluding hydrogens is 348 g/mol. The number of hydrogen-bond acceptors (Lipinski definition) is 3. The van der Waals surface area contributed by atoms with Crippen molar-refractivity contribution in [1.29, 1.82) is 0 Å². The summed E-state index contributed by atoms with van der Waals surface area (Å²) in [5.74, 6) is -0.323. The van der Waals surface area contributed by atoms with Gasteiger partial charge in [0.15, 0.2) is 0 Å². The van der Waals surface area contributed by atoms with Gasteiger partial charge in [0, 0.05) is 22.3 Å². The number of hydrogen-bond donors (Lipinski definition) is 2. The third-order valence-electron chi connectivity index (χ3n) is 3.50. The number of carbonyl (C=O) groups is 1. The fraction of sp³-hybridized carbons (Fsp3) is 0.235. The fourth-order valence-electron chi connectivity index (χ4n) is 1.94. The van der Waals surface area contributed by atoms with E-state index >= 15 is 0 Å². The maximum Gasteiger partial charge on any atom is 0.255 e. The molecule has 7 heteroatoms. The highest BCUT2D eigenvalue weighted by molar-refractivity contribution is 7.89. The van der Waals surface area contributed by atoms with E-state index < -0.39 is 10.0 Å². The number of rotatable bonds is 6. The number of benzene rings is 2. The summed E-state index contributed by atoms with van der Waals surface area (Å²) in [7, 11) is -3.57. The Morgan fingerprint density at radius 1 is 1.08 bits per heavy atom. The molecule has 24 heavy (non-hydrogen) atoms. The molecule has 0 radical (unpaired) electrons. The zero-order chi connectivity index (χ0) is 17.7. The minimum Gasteiger partial charge on any atom is -0.322 e. The van der Waals surface area contributed by atoms with Gasteiger partial charge in [0.05, 0.1) is 4.90 Å². The van der Waals surface area contributed by atoms with Crippen molar-refractivity contribution >= 4 is 33.2 Å². The average Bonchev–Trinajstić information content (AvgIpc) is 2.56. The van der Waals surface area contributed by atoms with Crippen LogP contribution in [0.2, 0.25) is 5.02 Å². The monoisotopic (exact) mass is 366 g/mol. The van der Waals surface area contributed by atoms with Crippen molar-refractivity contribution in [3.63, 3.8) is 0 Å². The summed E-state index contributed by atoms with van der Waals surface area (Å²) in [5, 5.41) is 3.30. The molecule has 0 heterocycles. The Morgan fingerprint density at radius 2 is 1.67 bits per heavy atom. The summed E-state index contributed by atoms with van der Waals surface area (Å²) in [5.41, 5.74) is 0.979. The Bertz CT molecular complexity index is 803. The van der Waals surface area contributed by atoms with Gasteiger partial charge in [-0.2, -0.15) is 0 Å². The SMILES string of the molecule is CCC(C)NS(=O)(=O)c1ccc(C(=O)Nc2ccc(Cl)cc2)cc1. The molecule has 0 spiro atoms. The minimum atomic E-state index is -3.57. The molecule has 1 atom stereocenters. The maximum atomic E-state index is 12.2. The second-order valence-corrected chi connectivity index (χ2v) is 7.57. The summed E-state index contributed by atoms with van der Waals surface area (Å²) in [6.45, 7) is 3.70. The van der Waals surface area contributed by atoms with E-state index in [0.717, 1.165) is 0 Å². The van der Waals surface area contributed by atoms with Gasteiger partial charge < -0.3 is 5.32 Å². The van der Waals surface area contributed by atoms with Gasteiger partial charge in [0.1, 0.15) is 0 Å². The zero-order valence-corrected chi connectivity index (χ0v) is 15.0. The summed E-state index contributed by atoms with van der Waals surface area (Å²) in [4.78, 5) is 12.3. The molecular formula is C17H19ClN2O3S. The molecule has 2 aromatic rings. The van der Waals surface area contributed by atoms with Gasteiger partial charge in [-0.25, -0.2) is 13.1 Å². The van der Waals surface area contributed by atoms with Crippen molar-refractivity contribution < 1.29 is 13.2 Å². The highest BCUT2D eigenvalue weighted by Crippen LogP contribution is 2.16. The lowest BCUT2D eigenvalue weighted by Gasteiger charge is -2.12. The van der Waals surface area contributed by atoms with Crippen LogP contribution < -0.4 is 10.0 Å². The van der Waals surface area contributed by atoms with Crippen LogP contribution in [0.1, 0.15) is 30.6 Å². The Labute approximate surface area is 147 Å². The highest BCUT2D eigenvalue weighted by atomic mass is 35.5. The molecule has 0 aliphatic heterocycles. The van der Waals surface area contributed by atoms with E-state index in [-0.39, 0.29) is 16.8 Å². The fourth-order valence-corrected chi connectivity index (χ4v) is 3.39. The van der Waals surface area contributed by atoms with E-state index in [0.29, 0.717) is 22.7 Å². The van der Waals surface area contributed by atoms with Crippen LogP contribution in [0.4, 0.5) is 5.69 Å². The van der Waals surface area contributed by atoms with E-state index in [2.05, 4.69) is 10.0 Å². The number of sulfonamides is 1. The molecule has 0 aliphatic carbocycles. The van der Waals surface area contributed by atoms with E-state index in [1.807, 2.05) is 6.92 Å². The molecule has 128 valence electrons. The molecule has 0 bridgehead atoms. The molecule has 0 saturated heterocycles. The van der Waals surface area contributed by atoms with Gasteiger partial charge in [-0.15, -0.1) is 0 Å². The summed E-state index contributed by atoms with van der Waals surface area (Å²) < 4.78 is 26.9. The van der Waals surface area contributed by atoms with E-state index in [1.165, 1.54) is 24.3 Å². The van der Waals surface area contributed by atoms with Gasteiger partial charge >= 0.3 is 0 Å². The predicted octanol–water partition coefficient (Wildman–Crippen LogP) is 3.67. The predicted molar refractivity (Wildman–Crippen MR) is 95.9 cm³/mol. The number of carbonyl (C=O) groups excluding carboxylic acids is 1. The van der Waals surface area contributed by atoms with Crippen LogP contribution in [0.25, 0.3) is 0 Å². The summed E-state index contributed by atoms with van der Waals surface area (Å²) >= 11 is 5.80. The topological polar surface area (TPSA) is 75.3 Å². The van der Waals surface area contributed by atoms with E-state index in [9.17, 15) is 13.2 Å². The quantitative estimate of drug-likeness (QED) is 0.819. The second-order valence-electron chi connectivity index (χ2n) is 5.42. The molecule has 1 unspecified atom stereocenters. The van der Waals surface area contributed by atoms with Crippen molar-refractivity contribution in [3.8, 4) is 0 Å². The van der Waals surface area contributed by atoms with Gasteiger partial charge in [-0.3, -0.25) is 4.79 Å². The summed E-state index contributed by atoms with van der Waals surface area (Å²) in [6, 6.07) is 12.4. The molecule has 0 aliphatic rings. The van der Waals surface area contributed by atoms with Gasteiger partial charge in [0.25, 0.3) is 5.91 Å². The smallest absolute Gasteiger partial charge is 0.255 e. The van der Waals surface area contributed by atoms with Gasteiger partial charge in [0.2, 0.25) is 10.0 Å². The largest absolute Gasteiger partial charge is 0.322 e. The molecule has 5 nitrogen and oxygen atoms in total. The molecule has 2 aromatic carbocycles. The van der Waals surface area contributed by atoms with E-state index in [1.54, 1.807) is 31.2 Å². The molecule has 0 aromatic heterocycles. The Balaban J connectivity index is 2.11. The van der Waals surface area contributed by atoms with Crippen LogP contribution in [0, 0.1) is 0 Å². The molecule has 0 saturated carbocycles. The Kier molecular flexibility index (Phi) is 5.99. The zero-order valence-electron chi connectivity index (χ0n) is 13.4. The van der Waals surface area contributed by atoms with Gasteiger partial charge in [-0.05, 0) is 61.9 Å². The first-order chi connectivity index (χ1) is 11.3. The lowest BCUT2D eigenvalue weighted by Crippen LogP contribution is -2.32. The Hall–Kier alpha value is -1.89. The number of amides is 1. The van der Waals surface area contributed by atoms with Crippen LogP contribution in [0.3, 0.4) is 0 Å². The first-order valence-corrected chi connectivity index (χ1v) is 9.37. The number of halogens is 1. The number of nitrogens with one attached hydrogen (secondary N) is 2. The first-order valence-electron chi connectivity index (χ1n) is 7.51. The third-order valence-corrected chi connectivity index (χ3v) is 5.36. The van der Waals surface area contributed by atoms with Crippen molar-refractivity contribution in [3.05, 3.63) is 59.1 Å². The molecule has 1 amide bonds. The first kappa shape index (κ1) is 18.4. The average molecular weight is 367 g/mol. The second kappa shape index (κ2) is 7.79. The standard InChI is InChI=1S/C17H19ClN2O3S/c1-3-12(2)20-24(22,23)16-10-4-13(5-11-16)17(21)19-15-8-6-14(18)7-9-15/h4-12,20H,3H2,1-2H3,(H,19,21). The van der Waals surface area contributed by atoms with Crippen molar-refractivity contribution in [2.45, 2.75) is 31.2 Å². The molecule has 0 fully saturated rings. The lowest BCUT2D eigenvalue weighted by molar-refractivity contribution is 0.102. The van der Waals surface area contributed by atoms with Gasteiger partial charge in [-0.1, -0.05) is 18.5 Å². The van der Waals surface area contributed by atoms with Crippen molar-refractivity contribution in [1.82, 2.24) is 4.72 Å². The van der Waals surface area contributed by atoms with Crippen LogP contribution in [0.15, 0.2) is 53.4 Å². The van der Waals surface area contributed by atoms with Crippen molar-refractivity contribution in [2.24, 2.45) is 0 Å². The minimum absolute atomic E-state index is 0.130. The van der Waals surface area contributed by atoms with Crippen LogP contribution in [-0.2, 0) is 10.0 Å². The highest BCUT2D eigenvalue weighted by Gasteiger charge is 2.17. The molecule has 2 rings (SSSR count). The summed E-state index contributed by atoms with van der Waals surface area (Å²) in [6.07, 6.45) is 0.695. The maximum absolute atomic E-state index is 12.2. The van der Waals surface area contributed by atoms with Crippen LogP contribution in [0.5, 0.6) is 0 Å². The number of anilines is 1. The normalized spacial score (nSPS) is 12.6. The third kappa shape index (κ3) is 4.80. The lowest BCUT2D eigenvalue weighted by atomic mass is 10.2. The van der Waals surface area contributed by atoms with E-state index in [4.69, 9.17) is 11.6 Å². The van der Waals surface area contributed by atoms with Crippen LogP contribution in [-0.4, -0.2) is 20.4 Å². The Morgan fingerprint density at radius 3 is 2.21 bits per heavy atom. The molecule has 2 N–H and O–H groups in total. The van der Waals surface area contributed by atoms with Crippen LogP contribution >= 0.6 is 11.6 Å². The van der Waals surface area contributed by atoms with Crippen molar-refractivity contribution in [2.75, 3.05) is 5.32 Å².